The molecular weight excluding hydrogens is 295 g/mol. The Hall–Kier alpha value is -2.16. The summed E-state index contributed by atoms with van der Waals surface area (Å²) in [6, 6.07) is 2.54. The molecule has 0 radical (unpaired) electrons. The first kappa shape index (κ1) is 14.3. The Balaban J connectivity index is 2.48. The van der Waals surface area contributed by atoms with Crippen molar-refractivity contribution in [3.8, 4) is 0 Å². The number of hydrazine groups is 1. The molecule has 0 saturated heterocycles. The van der Waals surface area contributed by atoms with Gasteiger partial charge in [0.25, 0.3) is 5.91 Å². The summed E-state index contributed by atoms with van der Waals surface area (Å²) in [5.41, 5.74) is 2.07. The molecule has 0 spiro atoms. The summed E-state index contributed by atoms with van der Waals surface area (Å²) in [6.07, 6.45) is -4.76. The smallest absolute Gasteiger partial charge is 0.274 e. The van der Waals surface area contributed by atoms with Crippen molar-refractivity contribution in [3.05, 3.63) is 28.8 Å². The molecule has 9 heteroatoms. The highest BCUT2D eigenvalue weighted by atomic mass is 32.1. The summed E-state index contributed by atoms with van der Waals surface area (Å²) in [6.45, 7) is 1.12. The highest BCUT2D eigenvalue weighted by Crippen LogP contribution is 2.33. The van der Waals surface area contributed by atoms with E-state index in [1.807, 2.05) is 10.9 Å². The summed E-state index contributed by atoms with van der Waals surface area (Å²) >= 11 is 1.17. The highest BCUT2D eigenvalue weighted by Gasteiger charge is 2.37. The van der Waals surface area contributed by atoms with Crippen LogP contribution in [0.15, 0.2) is 17.5 Å². The van der Waals surface area contributed by atoms with E-state index < -0.39 is 29.2 Å². The number of nitrogens with one attached hydrogen (secondary N) is 2. The first-order chi connectivity index (χ1) is 9.29. The van der Waals surface area contributed by atoms with E-state index >= 15 is 0 Å². The fourth-order valence-electron chi connectivity index (χ4n) is 1.50. The van der Waals surface area contributed by atoms with Gasteiger partial charge in [-0.2, -0.15) is 13.2 Å². The van der Waals surface area contributed by atoms with Crippen LogP contribution in [-0.4, -0.2) is 16.8 Å². The SMILES string of the molecule is CC(=O)NNC(=O)c1cc2sccc2nc1C(F)(F)F. The van der Waals surface area contributed by atoms with Gasteiger partial charge >= 0.3 is 6.18 Å². The van der Waals surface area contributed by atoms with Crippen molar-refractivity contribution in [1.29, 1.82) is 0 Å². The van der Waals surface area contributed by atoms with Crippen molar-refractivity contribution in [2.75, 3.05) is 0 Å². The van der Waals surface area contributed by atoms with Gasteiger partial charge in [0, 0.05) is 6.92 Å². The molecule has 0 aliphatic rings. The van der Waals surface area contributed by atoms with Gasteiger partial charge in [0.15, 0.2) is 5.69 Å². The molecule has 0 bridgehead atoms. The predicted octanol–water partition coefficient (Wildman–Crippen LogP) is 2.10. The van der Waals surface area contributed by atoms with Crippen LogP contribution in [0.1, 0.15) is 23.0 Å². The van der Waals surface area contributed by atoms with E-state index in [2.05, 4.69) is 4.98 Å². The number of hydrogen-bond donors (Lipinski definition) is 2. The van der Waals surface area contributed by atoms with Crippen molar-refractivity contribution in [3.63, 3.8) is 0 Å². The fraction of sp³-hybridized carbons (Fsp3) is 0.182. The number of nitrogens with zero attached hydrogens (tertiary/aromatic N) is 1. The lowest BCUT2D eigenvalue weighted by molar-refractivity contribution is -0.141. The van der Waals surface area contributed by atoms with E-state index in [-0.39, 0.29) is 5.52 Å². The summed E-state index contributed by atoms with van der Waals surface area (Å²) in [5.74, 6) is -1.67. The minimum Gasteiger partial charge on any atom is -0.274 e. The minimum atomic E-state index is -4.76. The topological polar surface area (TPSA) is 71.1 Å². The number of rotatable bonds is 1. The maximum Gasteiger partial charge on any atom is 0.434 e. The van der Waals surface area contributed by atoms with Crippen molar-refractivity contribution < 1.29 is 22.8 Å². The number of thiophene rings is 1. The van der Waals surface area contributed by atoms with Gasteiger partial charge in [-0.05, 0) is 17.5 Å². The summed E-state index contributed by atoms with van der Waals surface area (Å²) in [5, 5.41) is 1.58. The molecule has 2 aromatic heterocycles. The predicted molar refractivity (Wildman–Crippen MR) is 65.9 cm³/mol. The van der Waals surface area contributed by atoms with Gasteiger partial charge in [0.1, 0.15) is 0 Å². The molecule has 0 aliphatic heterocycles. The summed E-state index contributed by atoms with van der Waals surface area (Å²) in [4.78, 5) is 25.9. The lowest BCUT2D eigenvalue weighted by Gasteiger charge is -2.12. The molecule has 0 aromatic carbocycles. The Morgan fingerprint density at radius 2 is 2.00 bits per heavy atom. The highest BCUT2D eigenvalue weighted by molar-refractivity contribution is 7.17. The summed E-state index contributed by atoms with van der Waals surface area (Å²) < 4.78 is 39.2. The standard InChI is InChI=1S/C11H8F3N3O2S/c1-5(18)16-17-10(19)6-4-8-7(2-3-20-8)15-9(6)11(12,13)14/h2-4H,1H3,(H,16,18)(H,17,19). The first-order valence-corrected chi connectivity index (χ1v) is 6.19. The first-order valence-electron chi connectivity index (χ1n) is 5.31. The van der Waals surface area contributed by atoms with E-state index in [9.17, 15) is 22.8 Å². The zero-order chi connectivity index (χ0) is 14.9. The second-order valence-electron chi connectivity index (χ2n) is 3.82. The van der Waals surface area contributed by atoms with E-state index in [1.165, 1.54) is 17.4 Å². The minimum absolute atomic E-state index is 0.165. The number of carbonyl (C=O) groups excluding carboxylic acids is 2. The third kappa shape index (κ3) is 2.87. The van der Waals surface area contributed by atoms with Crippen LogP contribution in [0, 0.1) is 0 Å². The average molecular weight is 303 g/mol. The Labute approximate surface area is 114 Å². The molecule has 2 rings (SSSR count). The number of alkyl halides is 3. The molecule has 2 aromatic rings. The third-order valence-corrected chi connectivity index (χ3v) is 3.15. The normalized spacial score (nSPS) is 11.4. The number of halogens is 3. The van der Waals surface area contributed by atoms with Crippen LogP contribution >= 0.6 is 11.3 Å². The van der Waals surface area contributed by atoms with Crippen LogP contribution in [0.25, 0.3) is 10.2 Å². The van der Waals surface area contributed by atoms with Crippen LogP contribution in [0.3, 0.4) is 0 Å². The number of fused-ring (bicyclic) bond motifs is 1. The number of amides is 2. The second-order valence-corrected chi connectivity index (χ2v) is 4.77. The van der Waals surface area contributed by atoms with Crippen molar-refractivity contribution in [1.82, 2.24) is 15.8 Å². The van der Waals surface area contributed by atoms with Crippen LogP contribution in [-0.2, 0) is 11.0 Å². The molecule has 20 heavy (non-hydrogen) atoms. The lowest BCUT2D eigenvalue weighted by atomic mass is 10.1. The Morgan fingerprint density at radius 3 is 2.60 bits per heavy atom. The Morgan fingerprint density at radius 1 is 1.30 bits per heavy atom. The van der Waals surface area contributed by atoms with Gasteiger partial charge in [0.2, 0.25) is 5.91 Å². The van der Waals surface area contributed by atoms with Gasteiger partial charge in [-0.15, -0.1) is 11.3 Å². The maximum absolute atomic E-state index is 12.9. The molecule has 2 heterocycles. The second kappa shape index (κ2) is 5.08. The molecule has 0 unspecified atom stereocenters. The molecule has 0 aliphatic carbocycles. The van der Waals surface area contributed by atoms with Crippen LogP contribution < -0.4 is 10.9 Å². The van der Waals surface area contributed by atoms with Gasteiger partial charge < -0.3 is 0 Å². The Kier molecular flexibility index (Phi) is 3.62. The number of hydrogen-bond acceptors (Lipinski definition) is 4. The number of carbonyl (C=O) groups is 2. The van der Waals surface area contributed by atoms with Crippen molar-refractivity contribution in [2.24, 2.45) is 0 Å². The fourth-order valence-corrected chi connectivity index (χ4v) is 2.26. The largest absolute Gasteiger partial charge is 0.434 e. The van der Waals surface area contributed by atoms with Crippen LogP contribution in [0.2, 0.25) is 0 Å². The number of aromatic nitrogens is 1. The molecule has 0 fully saturated rings. The quantitative estimate of drug-likeness (QED) is 0.793. The molecule has 0 atom stereocenters. The zero-order valence-corrected chi connectivity index (χ0v) is 10.9. The van der Waals surface area contributed by atoms with Crippen LogP contribution in [0.4, 0.5) is 13.2 Å². The van der Waals surface area contributed by atoms with Crippen molar-refractivity contribution >= 4 is 33.4 Å². The van der Waals surface area contributed by atoms with E-state index in [1.54, 1.807) is 5.38 Å². The molecule has 106 valence electrons. The average Bonchev–Trinajstić information content (AvgIpc) is 2.80. The van der Waals surface area contributed by atoms with Gasteiger partial charge in [-0.25, -0.2) is 4.98 Å². The molecule has 2 amide bonds. The van der Waals surface area contributed by atoms with Crippen molar-refractivity contribution in [2.45, 2.75) is 13.1 Å². The van der Waals surface area contributed by atoms with Gasteiger partial charge in [0.05, 0.1) is 15.8 Å². The zero-order valence-electron chi connectivity index (χ0n) is 10.0. The maximum atomic E-state index is 12.9. The Bertz CT molecular complexity index is 681. The van der Waals surface area contributed by atoms with E-state index in [4.69, 9.17) is 0 Å². The molecule has 2 N–H and O–H groups in total. The van der Waals surface area contributed by atoms with Gasteiger partial charge in [-0.1, -0.05) is 0 Å². The van der Waals surface area contributed by atoms with Crippen LogP contribution in [0.5, 0.6) is 0 Å². The number of pyridine rings is 1. The summed E-state index contributed by atoms with van der Waals surface area (Å²) in [7, 11) is 0. The van der Waals surface area contributed by atoms with E-state index in [0.29, 0.717) is 4.70 Å². The molecular formula is C11H8F3N3O2S. The molecule has 0 saturated carbocycles. The monoisotopic (exact) mass is 303 g/mol. The lowest BCUT2D eigenvalue weighted by Crippen LogP contribution is -2.41. The van der Waals surface area contributed by atoms with E-state index in [0.717, 1.165) is 13.0 Å². The third-order valence-electron chi connectivity index (χ3n) is 2.30. The molecule has 5 nitrogen and oxygen atoms in total. The van der Waals surface area contributed by atoms with Gasteiger partial charge in [-0.3, -0.25) is 20.4 Å².